The largest absolute Gasteiger partial charge is 0.379 e. The summed E-state index contributed by atoms with van der Waals surface area (Å²) < 4.78 is 38.3. The first-order chi connectivity index (χ1) is 13.9. The van der Waals surface area contributed by atoms with Crippen molar-refractivity contribution < 1.29 is 22.7 Å². The normalized spacial score (nSPS) is 26.2. The van der Waals surface area contributed by atoms with Crippen molar-refractivity contribution in [1.29, 1.82) is 0 Å². The number of nitrogens with one attached hydrogen (secondary N) is 1. The van der Waals surface area contributed by atoms with Crippen molar-refractivity contribution >= 4 is 15.9 Å². The highest BCUT2D eigenvalue weighted by atomic mass is 32.2. The summed E-state index contributed by atoms with van der Waals surface area (Å²) in [5.74, 6) is -0.270. The van der Waals surface area contributed by atoms with E-state index < -0.39 is 10.0 Å². The molecule has 9 heteroatoms. The van der Waals surface area contributed by atoms with Gasteiger partial charge in [-0.2, -0.15) is 4.31 Å². The van der Waals surface area contributed by atoms with E-state index in [0.29, 0.717) is 51.1 Å². The van der Waals surface area contributed by atoms with Gasteiger partial charge >= 0.3 is 0 Å². The molecule has 0 radical (unpaired) electrons. The van der Waals surface area contributed by atoms with Crippen molar-refractivity contribution in [2.75, 3.05) is 52.5 Å². The third kappa shape index (κ3) is 4.49. The molecular formula is C20H29N3O5S. The molecule has 1 amide bonds. The van der Waals surface area contributed by atoms with Crippen molar-refractivity contribution in [3.63, 3.8) is 0 Å². The second kappa shape index (κ2) is 8.69. The molecular weight excluding hydrogens is 394 g/mol. The average Bonchev–Trinajstić information content (AvgIpc) is 3.20. The molecule has 3 fully saturated rings. The van der Waals surface area contributed by atoms with Crippen molar-refractivity contribution in [2.45, 2.75) is 36.8 Å². The Labute approximate surface area is 172 Å². The summed E-state index contributed by atoms with van der Waals surface area (Å²) >= 11 is 0. The Balaban J connectivity index is 1.42. The van der Waals surface area contributed by atoms with Gasteiger partial charge in [0.2, 0.25) is 10.0 Å². The zero-order valence-electron chi connectivity index (χ0n) is 16.8. The van der Waals surface area contributed by atoms with Crippen LogP contribution < -0.4 is 5.32 Å². The minimum atomic E-state index is -3.64. The number of rotatable bonds is 5. The Morgan fingerprint density at radius 2 is 2.03 bits per heavy atom. The number of amides is 1. The van der Waals surface area contributed by atoms with Crippen LogP contribution in [0.25, 0.3) is 0 Å². The van der Waals surface area contributed by atoms with Gasteiger partial charge in [-0.3, -0.25) is 9.69 Å². The Morgan fingerprint density at radius 1 is 1.24 bits per heavy atom. The SMILES string of the molecule is Cc1ccc(S(=O)(=O)N2CCOCC2)cc1C(=O)NCC1CN2CCCC2CO1. The molecule has 0 saturated carbocycles. The van der Waals surface area contributed by atoms with E-state index in [1.807, 2.05) is 6.92 Å². The topological polar surface area (TPSA) is 88.2 Å². The minimum Gasteiger partial charge on any atom is -0.379 e. The highest BCUT2D eigenvalue weighted by Gasteiger charge is 2.32. The van der Waals surface area contributed by atoms with Gasteiger partial charge in [0, 0.05) is 37.8 Å². The average molecular weight is 424 g/mol. The lowest BCUT2D eigenvalue weighted by molar-refractivity contribution is -0.0461. The number of carbonyl (C=O) groups excluding carboxylic acids is 1. The third-order valence-corrected chi connectivity index (χ3v) is 7.91. The fourth-order valence-corrected chi connectivity index (χ4v) is 5.69. The van der Waals surface area contributed by atoms with Crippen LogP contribution in [0.3, 0.4) is 0 Å². The second-order valence-corrected chi connectivity index (χ2v) is 9.89. The minimum absolute atomic E-state index is 0.0335. The summed E-state index contributed by atoms with van der Waals surface area (Å²) in [4.78, 5) is 15.4. The molecule has 3 saturated heterocycles. The molecule has 3 aliphatic rings. The lowest BCUT2D eigenvalue weighted by Crippen LogP contribution is -2.50. The number of sulfonamides is 1. The molecule has 3 heterocycles. The van der Waals surface area contributed by atoms with Gasteiger partial charge in [0.05, 0.1) is 30.8 Å². The first-order valence-corrected chi connectivity index (χ1v) is 11.7. The molecule has 2 unspecified atom stereocenters. The van der Waals surface area contributed by atoms with Crippen LogP contribution in [-0.4, -0.2) is 88.2 Å². The number of morpholine rings is 2. The molecule has 3 aliphatic heterocycles. The summed E-state index contributed by atoms with van der Waals surface area (Å²) in [5, 5.41) is 2.93. The summed E-state index contributed by atoms with van der Waals surface area (Å²) in [6.07, 6.45) is 2.35. The van der Waals surface area contributed by atoms with Crippen LogP contribution in [-0.2, 0) is 19.5 Å². The summed E-state index contributed by atoms with van der Waals surface area (Å²) in [5.41, 5.74) is 1.13. The van der Waals surface area contributed by atoms with Crippen LogP contribution in [0.4, 0.5) is 0 Å². The van der Waals surface area contributed by atoms with Gasteiger partial charge in [0.1, 0.15) is 0 Å². The molecule has 0 aromatic heterocycles. The molecule has 1 N–H and O–H groups in total. The van der Waals surface area contributed by atoms with E-state index in [1.54, 1.807) is 12.1 Å². The molecule has 0 spiro atoms. The smallest absolute Gasteiger partial charge is 0.251 e. The van der Waals surface area contributed by atoms with Gasteiger partial charge in [0.25, 0.3) is 5.91 Å². The van der Waals surface area contributed by atoms with Crippen LogP contribution >= 0.6 is 0 Å². The molecule has 2 atom stereocenters. The maximum absolute atomic E-state index is 12.9. The molecule has 0 aliphatic carbocycles. The number of benzene rings is 1. The third-order valence-electron chi connectivity index (χ3n) is 6.01. The first kappa shape index (κ1) is 20.7. The van der Waals surface area contributed by atoms with Gasteiger partial charge in [-0.15, -0.1) is 0 Å². The maximum atomic E-state index is 12.9. The zero-order chi connectivity index (χ0) is 20.4. The number of hydrogen-bond donors (Lipinski definition) is 1. The molecule has 1 aromatic rings. The van der Waals surface area contributed by atoms with E-state index in [4.69, 9.17) is 9.47 Å². The van der Waals surface area contributed by atoms with Gasteiger partial charge < -0.3 is 14.8 Å². The maximum Gasteiger partial charge on any atom is 0.251 e. The van der Waals surface area contributed by atoms with Gasteiger partial charge in [-0.1, -0.05) is 6.07 Å². The van der Waals surface area contributed by atoms with Gasteiger partial charge in [-0.05, 0) is 44.0 Å². The number of carbonyl (C=O) groups is 1. The second-order valence-electron chi connectivity index (χ2n) is 7.95. The quantitative estimate of drug-likeness (QED) is 0.747. The zero-order valence-corrected chi connectivity index (χ0v) is 17.6. The van der Waals surface area contributed by atoms with Gasteiger partial charge in [0.15, 0.2) is 0 Å². The van der Waals surface area contributed by atoms with E-state index in [0.717, 1.165) is 18.7 Å². The Bertz CT molecular complexity index is 854. The van der Waals surface area contributed by atoms with E-state index in [2.05, 4.69) is 10.2 Å². The summed E-state index contributed by atoms with van der Waals surface area (Å²) in [6.45, 7) is 6.30. The fraction of sp³-hybridized carbons (Fsp3) is 0.650. The highest BCUT2D eigenvalue weighted by molar-refractivity contribution is 7.89. The lowest BCUT2D eigenvalue weighted by atomic mass is 10.1. The summed E-state index contributed by atoms with van der Waals surface area (Å²) in [6, 6.07) is 5.25. The monoisotopic (exact) mass is 423 g/mol. The van der Waals surface area contributed by atoms with E-state index in [9.17, 15) is 13.2 Å². The number of fused-ring (bicyclic) bond motifs is 1. The molecule has 4 rings (SSSR count). The van der Waals surface area contributed by atoms with Crippen LogP contribution in [0, 0.1) is 6.92 Å². The van der Waals surface area contributed by atoms with Crippen molar-refractivity contribution in [1.82, 2.24) is 14.5 Å². The standard InChI is InChI=1S/C20H29N3O5S/c1-15-4-5-18(29(25,26)23-7-9-27-10-8-23)11-19(15)20(24)21-12-17-13-22-6-2-3-16(22)14-28-17/h4-5,11,16-17H,2-3,6-10,12-14H2,1H3,(H,21,24). The number of nitrogens with zero attached hydrogens (tertiary/aromatic N) is 2. The van der Waals surface area contributed by atoms with Crippen molar-refractivity contribution in [3.8, 4) is 0 Å². The molecule has 29 heavy (non-hydrogen) atoms. The molecule has 0 bridgehead atoms. The van der Waals surface area contributed by atoms with Crippen LogP contribution in [0.15, 0.2) is 23.1 Å². The first-order valence-electron chi connectivity index (χ1n) is 10.3. The van der Waals surface area contributed by atoms with E-state index in [1.165, 1.54) is 23.2 Å². The fourth-order valence-electron chi connectivity index (χ4n) is 4.25. The molecule has 8 nitrogen and oxygen atoms in total. The van der Waals surface area contributed by atoms with Crippen LogP contribution in [0.2, 0.25) is 0 Å². The van der Waals surface area contributed by atoms with E-state index in [-0.39, 0.29) is 16.9 Å². The summed E-state index contributed by atoms with van der Waals surface area (Å²) in [7, 11) is -3.64. The van der Waals surface area contributed by atoms with Gasteiger partial charge in [-0.25, -0.2) is 8.42 Å². The predicted molar refractivity (Wildman–Crippen MR) is 107 cm³/mol. The molecule has 1 aromatic carbocycles. The van der Waals surface area contributed by atoms with Crippen LogP contribution in [0.5, 0.6) is 0 Å². The molecule has 160 valence electrons. The lowest BCUT2D eigenvalue weighted by Gasteiger charge is -2.35. The van der Waals surface area contributed by atoms with Crippen molar-refractivity contribution in [2.24, 2.45) is 0 Å². The predicted octanol–water partition coefficient (Wildman–Crippen LogP) is 0.609. The number of hydrogen-bond acceptors (Lipinski definition) is 6. The Morgan fingerprint density at radius 3 is 2.83 bits per heavy atom. The number of aryl methyl sites for hydroxylation is 1. The van der Waals surface area contributed by atoms with Crippen LogP contribution in [0.1, 0.15) is 28.8 Å². The Kier molecular flexibility index (Phi) is 6.21. The van der Waals surface area contributed by atoms with Crippen molar-refractivity contribution in [3.05, 3.63) is 29.3 Å². The highest BCUT2D eigenvalue weighted by Crippen LogP contribution is 2.23. The van der Waals surface area contributed by atoms with E-state index >= 15 is 0 Å². The Hall–Kier alpha value is -1.52. The number of ether oxygens (including phenoxy) is 2.